The molecule has 3 rings (SSSR count). The van der Waals surface area contributed by atoms with Gasteiger partial charge in [-0.25, -0.2) is 0 Å². The number of benzene rings is 1. The van der Waals surface area contributed by atoms with E-state index in [1.54, 1.807) is 7.11 Å². The molecule has 0 aromatic heterocycles. The number of rotatable bonds is 6. The van der Waals surface area contributed by atoms with Crippen LogP contribution in [0.1, 0.15) is 37.7 Å². The molecule has 4 atom stereocenters. The minimum atomic E-state index is -0.993. The molecule has 0 saturated heterocycles. The summed E-state index contributed by atoms with van der Waals surface area (Å²) >= 11 is 0. The first-order valence-corrected chi connectivity index (χ1v) is 8.38. The lowest BCUT2D eigenvalue weighted by Gasteiger charge is -2.30. The minimum absolute atomic E-state index is 0.242. The van der Waals surface area contributed by atoms with Crippen molar-refractivity contribution >= 4 is 5.97 Å². The fraction of sp³-hybridized carbons (Fsp3) is 0.611. The molecule has 2 bridgehead atoms. The summed E-state index contributed by atoms with van der Waals surface area (Å²) in [6.07, 6.45) is 6.72. The van der Waals surface area contributed by atoms with Gasteiger partial charge < -0.3 is 20.3 Å². The van der Waals surface area contributed by atoms with Crippen LogP contribution in [-0.4, -0.2) is 30.3 Å². The number of carboxylic acids is 1. The normalized spacial score (nSPS) is 27.5. The third-order valence-electron chi connectivity index (χ3n) is 5.25. The van der Waals surface area contributed by atoms with Crippen molar-refractivity contribution in [1.29, 1.82) is 0 Å². The number of hydrogen-bond donors (Lipinski definition) is 2. The van der Waals surface area contributed by atoms with Gasteiger partial charge in [-0.1, -0.05) is 12.5 Å². The van der Waals surface area contributed by atoms with E-state index >= 15 is 0 Å². The van der Waals surface area contributed by atoms with Gasteiger partial charge in [0.2, 0.25) is 0 Å². The van der Waals surface area contributed by atoms with Crippen LogP contribution < -0.4 is 15.2 Å². The Bertz CT molecular complexity index is 574. The smallest absolute Gasteiger partial charge is 0.320 e. The van der Waals surface area contributed by atoms with Crippen LogP contribution in [0.2, 0.25) is 0 Å². The monoisotopic (exact) mass is 319 g/mol. The number of carboxylic acid groups (broad SMARTS) is 1. The molecule has 1 aromatic carbocycles. The Kier molecular flexibility index (Phi) is 4.76. The molecule has 23 heavy (non-hydrogen) atoms. The Morgan fingerprint density at radius 2 is 2.09 bits per heavy atom. The topological polar surface area (TPSA) is 81.8 Å². The second-order valence-corrected chi connectivity index (χ2v) is 6.81. The van der Waals surface area contributed by atoms with E-state index in [-0.39, 0.29) is 12.5 Å². The van der Waals surface area contributed by atoms with E-state index in [1.807, 2.05) is 18.2 Å². The second-order valence-electron chi connectivity index (χ2n) is 6.81. The first-order chi connectivity index (χ1) is 11.1. The summed E-state index contributed by atoms with van der Waals surface area (Å²) in [6.45, 7) is 0. The van der Waals surface area contributed by atoms with E-state index in [4.69, 9.17) is 20.3 Å². The number of carbonyl (C=O) groups is 1. The summed E-state index contributed by atoms with van der Waals surface area (Å²) in [5.41, 5.74) is 6.49. The average molecular weight is 319 g/mol. The highest BCUT2D eigenvalue weighted by atomic mass is 16.5. The molecule has 1 aromatic rings. The Hall–Kier alpha value is -1.75. The van der Waals surface area contributed by atoms with Crippen molar-refractivity contribution in [3.8, 4) is 11.5 Å². The number of nitrogens with two attached hydrogens (primary N) is 1. The first-order valence-electron chi connectivity index (χ1n) is 8.38. The van der Waals surface area contributed by atoms with Crippen LogP contribution in [0.15, 0.2) is 18.2 Å². The summed E-state index contributed by atoms with van der Waals surface area (Å²) in [6, 6.07) is 4.66. The van der Waals surface area contributed by atoms with E-state index in [9.17, 15) is 4.79 Å². The Morgan fingerprint density at radius 3 is 2.83 bits per heavy atom. The Morgan fingerprint density at radius 1 is 1.30 bits per heavy atom. The molecule has 4 unspecified atom stereocenters. The Labute approximate surface area is 136 Å². The third-order valence-corrected chi connectivity index (χ3v) is 5.25. The SMILES string of the molecule is COc1ccc(CC(N)C(=O)O)cc1OC1CCC2CCC1C2. The predicted octanol–water partition coefficient (Wildman–Crippen LogP) is 2.61. The second kappa shape index (κ2) is 6.79. The third kappa shape index (κ3) is 3.61. The maximum atomic E-state index is 10.9. The molecule has 0 heterocycles. The first kappa shape index (κ1) is 16.1. The minimum Gasteiger partial charge on any atom is -0.493 e. The van der Waals surface area contributed by atoms with E-state index in [0.29, 0.717) is 17.4 Å². The van der Waals surface area contributed by atoms with Gasteiger partial charge in [-0.2, -0.15) is 0 Å². The van der Waals surface area contributed by atoms with E-state index in [2.05, 4.69) is 0 Å². The van der Waals surface area contributed by atoms with Gasteiger partial charge in [0.15, 0.2) is 11.5 Å². The van der Waals surface area contributed by atoms with Gasteiger partial charge in [-0.3, -0.25) is 4.79 Å². The zero-order valence-electron chi connectivity index (χ0n) is 13.5. The molecular formula is C18H25NO4. The van der Waals surface area contributed by atoms with Crippen molar-refractivity contribution in [2.45, 2.75) is 50.7 Å². The molecule has 5 heteroatoms. The van der Waals surface area contributed by atoms with Crippen molar-refractivity contribution in [2.75, 3.05) is 7.11 Å². The van der Waals surface area contributed by atoms with Gasteiger partial charge >= 0.3 is 5.97 Å². The molecule has 3 N–H and O–H groups in total. The summed E-state index contributed by atoms with van der Waals surface area (Å²) < 4.78 is 11.7. The highest BCUT2D eigenvalue weighted by molar-refractivity contribution is 5.73. The standard InChI is InChI=1S/C18H25NO4/c1-22-16-7-4-12(9-14(19)18(20)21)10-17(16)23-15-6-3-11-2-5-13(15)8-11/h4,7,10-11,13-15H,2-3,5-6,8-9,19H2,1H3,(H,20,21). The van der Waals surface area contributed by atoms with Gasteiger partial charge in [0, 0.05) is 0 Å². The quantitative estimate of drug-likeness (QED) is 0.842. The van der Waals surface area contributed by atoms with Crippen molar-refractivity contribution in [3.05, 3.63) is 23.8 Å². The van der Waals surface area contributed by atoms with Crippen LogP contribution in [0.5, 0.6) is 11.5 Å². The Balaban J connectivity index is 1.75. The van der Waals surface area contributed by atoms with Gasteiger partial charge in [0.25, 0.3) is 0 Å². The molecule has 0 radical (unpaired) electrons. The summed E-state index contributed by atoms with van der Waals surface area (Å²) in [7, 11) is 1.62. The van der Waals surface area contributed by atoms with Crippen LogP contribution >= 0.6 is 0 Å². The molecule has 5 nitrogen and oxygen atoms in total. The van der Waals surface area contributed by atoms with Gasteiger partial charge in [-0.05, 0) is 61.6 Å². The summed E-state index contributed by atoms with van der Waals surface area (Å²) in [4.78, 5) is 10.9. The molecule has 0 aliphatic heterocycles. The van der Waals surface area contributed by atoms with Gasteiger partial charge in [0.1, 0.15) is 12.1 Å². The van der Waals surface area contributed by atoms with Crippen LogP contribution in [0.4, 0.5) is 0 Å². The number of fused-ring (bicyclic) bond motifs is 2. The van der Waals surface area contributed by atoms with Crippen LogP contribution in [0.3, 0.4) is 0 Å². The predicted molar refractivity (Wildman–Crippen MR) is 86.8 cm³/mol. The fourth-order valence-electron chi connectivity index (χ4n) is 3.95. The number of methoxy groups -OCH3 is 1. The van der Waals surface area contributed by atoms with Gasteiger partial charge in [-0.15, -0.1) is 0 Å². The molecular weight excluding hydrogens is 294 g/mol. The van der Waals surface area contributed by atoms with Crippen molar-refractivity contribution in [2.24, 2.45) is 17.6 Å². The van der Waals surface area contributed by atoms with Crippen molar-refractivity contribution in [3.63, 3.8) is 0 Å². The summed E-state index contributed by atoms with van der Waals surface area (Å²) in [5, 5.41) is 8.96. The lowest BCUT2D eigenvalue weighted by Crippen LogP contribution is -2.32. The van der Waals surface area contributed by atoms with Crippen LogP contribution in [0.25, 0.3) is 0 Å². The zero-order chi connectivity index (χ0) is 16.4. The van der Waals surface area contributed by atoms with E-state index in [1.165, 1.54) is 25.7 Å². The maximum absolute atomic E-state index is 10.9. The number of ether oxygens (including phenoxy) is 2. The summed E-state index contributed by atoms with van der Waals surface area (Å²) in [5.74, 6) is 1.94. The number of hydrogen-bond acceptors (Lipinski definition) is 4. The van der Waals surface area contributed by atoms with E-state index in [0.717, 1.165) is 17.9 Å². The molecule has 2 fully saturated rings. The molecule has 0 amide bonds. The molecule has 126 valence electrons. The zero-order valence-corrected chi connectivity index (χ0v) is 13.5. The molecule has 2 saturated carbocycles. The van der Waals surface area contributed by atoms with Crippen molar-refractivity contribution < 1.29 is 19.4 Å². The van der Waals surface area contributed by atoms with Crippen LogP contribution in [-0.2, 0) is 11.2 Å². The van der Waals surface area contributed by atoms with Crippen LogP contribution in [0, 0.1) is 11.8 Å². The van der Waals surface area contributed by atoms with E-state index < -0.39 is 12.0 Å². The number of aliphatic carboxylic acids is 1. The van der Waals surface area contributed by atoms with Crippen molar-refractivity contribution in [1.82, 2.24) is 0 Å². The largest absolute Gasteiger partial charge is 0.493 e. The molecule has 2 aliphatic carbocycles. The lowest BCUT2D eigenvalue weighted by molar-refractivity contribution is -0.138. The van der Waals surface area contributed by atoms with Gasteiger partial charge in [0.05, 0.1) is 7.11 Å². The highest BCUT2D eigenvalue weighted by Gasteiger charge is 2.37. The highest BCUT2D eigenvalue weighted by Crippen LogP contribution is 2.44. The lowest BCUT2D eigenvalue weighted by atomic mass is 9.87. The molecule has 2 aliphatic rings. The fourth-order valence-corrected chi connectivity index (χ4v) is 3.95. The average Bonchev–Trinajstić information content (AvgIpc) is 2.93. The molecule has 0 spiro atoms. The maximum Gasteiger partial charge on any atom is 0.320 e.